The van der Waals surface area contributed by atoms with Gasteiger partial charge in [0.15, 0.2) is 23.0 Å². The lowest BCUT2D eigenvalue weighted by Crippen LogP contribution is -2.29. The van der Waals surface area contributed by atoms with Crippen molar-refractivity contribution in [1.29, 1.82) is 5.26 Å². The minimum absolute atomic E-state index is 0.145. The van der Waals surface area contributed by atoms with E-state index in [0.29, 0.717) is 39.8 Å². The summed E-state index contributed by atoms with van der Waals surface area (Å²) in [5, 5.41) is 20.6. The van der Waals surface area contributed by atoms with Crippen molar-refractivity contribution in [3.8, 4) is 29.1 Å². The molecule has 188 valence electrons. The van der Waals surface area contributed by atoms with Gasteiger partial charge in [0.1, 0.15) is 5.76 Å². The number of nitrogens with zero attached hydrogens (tertiary/aromatic N) is 2. The second-order valence-corrected chi connectivity index (χ2v) is 7.98. The number of methoxy groups -OCH3 is 4. The number of aliphatic hydroxyl groups excluding tert-OH is 1. The number of ketones is 1. The zero-order chi connectivity index (χ0) is 26.7. The summed E-state index contributed by atoms with van der Waals surface area (Å²) in [6.07, 6.45) is 0. The summed E-state index contributed by atoms with van der Waals surface area (Å²) in [7, 11) is 5.86. The highest BCUT2D eigenvalue weighted by atomic mass is 16.5. The van der Waals surface area contributed by atoms with Gasteiger partial charge in [0.25, 0.3) is 11.7 Å². The normalized spacial score (nSPS) is 16.3. The highest BCUT2D eigenvalue weighted by Gasteiger charge is 2.48. The molecule has 1 aliphatic heterocycles. The largest absolute Gasteiger partial charge is 0.507 e. The van der Waals surface area contributed by atoms with Crippen LogP contribution in [0.4, 0.5) is 5.69 Å². The molecule has 9 heteroatoms. The average Bonchev–Trinajstić information content (AvgIpc) is 3.21. The number of anilines is 1. The highest BCUT2D eigenvalue weighted by molar-refractivity contribution is 6.51. The zero-order valence-corrected chi connectivity index (χ0v) is 20.6. The monoisotopic (exact) mass is 500 g/mol. The Morgan fingerprint density at radius 1 is 0.865 bits per heavy atom. The van der Waals surface area contributed by atoms with Gasteiger partial charge in [-0.25, -0.2) is 0 Å². The van der Waals surface area contributed by atoms with Crippen LogP contribution < -0.4 is 23.8 Å². The second kappa shape index (κ2) is 10.3. The van der Waals surface area contributed by atoms with Gasteiger partial charge in [-0.1, -0.05) is 12.1 Å². The van der Waals surface area contributed by atoms with Gasteiger partial charge in [-0.05, 0) is 48.5 Å². The molecule has 1 amide bonds. The summed E-state index contributed by atoms with van der Waals surface area (Å²) in [4.78, 5) is 28.1. The number of nitriles is 1. The first-order valence-electron chi connectivity index (χ1n) is 11.1. The predicted octanol–water partition coefficient (Wildman–Crippen LogP) is 4.22. The van der Waals surface area contributed by atoms with E-state index in [1.165, 1.54) is 39.4 Å². The molecule has 1 unspecified atom stereocenters. The van der Waals surface area contributed by atoms with Crippen LogP contribution in [0.5, 0.6) is 23.0 Å². The van der Waals surface area contributed by atoms with Crippen LogP contribution in [-0.4, -0.2) is 45.2 Å². The molecule has 3 aromatic rings. The lowest BCUT2D eigenvalue weighted by atomic mass is 9.94. The van der Waals surface area contributed by atoms with Crippen molar-refractivity contribution in [1.82, 2.24) is 0 Å². The number of carbonyl (C=O) groups excluding carboxylic acids is 2. The van der Waals surface area contributed by atoms with Crippen LogP contribution >= 0.6 is 0 Å². The topological polar surface area (TPSA) is 118 Å². The van der Waals surface area contributed by atoms with Crippen molar-refractivity contribution in [3.05, 3.63) is 82.9 Å². The summed E-state index contributed by atoms with van der Waals surface area (Å²) < 4.78 is 21.7. The summed E-state index contributed by atoms with van der Waals surface area (Å²) in [6.45, 7) is 0. The van der Waals surface area contributed by atoms with Crippen molar-refractivity contribution in [2.45, 2.75) is 6.04 Å². The number of ether oxygens (including phenoxy) is 4. The molecule has 1 fully saturated rings. The molecule has 1 saturated heterocycles. The minimum Gasteiger partial charge on any atom is -0.507 e. The van der Waals surface area contributed by atoms with Gasteiger partial charge in [-0.15, -0.1) is 0 Å². The van der Waals surface area contributed by atoms with Crippen molar-refractivity contribution in [2.75, 3.05) is 33.3 Å². The third-order valence-electron chi connectivity index (χ3n) is 6.10. The minimum atomic E-state index is -1.06. The van der Waals surface area contributed by atoms with Crippen LogP contribution in [0.15, 0.2) is 66.2 Å². The van der Waals surface area contributed by atoms with Crippen molar-refractivity contribution >= 4 is 23.1 Å². The van der Waals surface area contributed by atoms with Gasteiger partial charge in [0, 0.05) is 16.8 Å². The Morgan fingerprint density at radius 2 is 1.54 bits per heavy atom. The molecular weight excluding hydrogens is 476 g/mol. The first kappa shape index (κ1) is 25.1. The lowest BCUT2D eigenvalue weighted by Gasteiger charge is -2.27. The Kier molecular flexibility index (Phi) is 7.02. The second-order valence-electron chi connectivity index (χ2n) is 7.98. The molecule has 9 nitrogen and oxygen atoms in total. The third-order valence-corrected chi connectivity index (χ3v) is 6.10. The van der Waals surface area contributed by atoms with Gasteiger partial charge >= 0.3 is 0 Å². The maximum absolute atomic E-state index is 13.5. The van der Waals surface area contributed by atoms with Gasteiger partial charge in [0.2, 0.25) is 0 Å². The predicted molar refractivity (Wildman–Crippen MR) is 135 cm³/mol. The van der Waals surface area contributed by atoms with Crippen molar-refractivity contribution in [3.63, 3.8) is 0 Å². The molecule has 1 heterocycles. The maximum Gasteiger partial charge on any atom is 0.300 e. The molecule has 0 aliphatic carbocycles. The Hall–Kier alpha value is -4.97. The van der Waals surface area contributed by atoms with Gasteiger partial charge < -0.3 is 24.1 Å². The molecule has 3 aromatic carbocycles. The van der Waals surface area contributed by atoms with E-state index >= 15 is 0 Å². The van der Waals surface area contributed by atoms with Crippen LogP contribution in [-0.2, 0) is 9.59 Å². The number of rotatable bonds is 7. The van der Waals surface area contributed by atoms with E-state index in [1.54, 1.807) is 54.6 Å². The molecule has 4 rings (SSSR count). The smallest absolute Gasteiger partial charge is 0.300 e. The first-order valence-corrected chi connectivity index (χ1v) is 11.1. The Morgan fingerprint density at radius 3 is 2.14 bits per heavy atom. The Bertz CT molecular complexity index is 1440. The van der Waals surface area contributed by atoms with E-state index in [0.717, 1.165) is 0 Å². The van der Waals surface area contributed by atoms with E-state index in [2.05, 4.69) is 0 Å². The average molecular weight is 501 g/mol. The van der Waals surface area contributed by atoms with Gasteiger partial charge in [-0.2, -0.15) is 5.26 Å². The van der Waals surface area contributed by atoms with Crippen LogP contribution in [0.25, 0.3) is 5.76 Å². The molecule has 0 radical (unpaired) electrons. The van der Waals surface area contributed by atoms with E-state index in [4.69, 9.17) is 18.9 Å². The fourth-order valence-electron chi connectivity index (χ4n) is 4.36. The van der Waals surface area contributed by atoms with Gasteiger partial charge in [0.05, 0.1) is 51.7 Å². The van der Waals surface area contributed by atoms with Crippen molar-refractivity contribution < 1.29 is 33.6 Å². The zero-order valence-electron chi connectivity index (χ0n) is 20.6. The third kappa shape index (κ3) is 4.29. The number of benzene rings is 3. The highest BCUT2D eigenvalue weighted by Crippen LogP contribution is 2.47. The molecule has 0 bridgehead atoms. The standard InChI is InChI=1S/C28H24N2O7/c1-34-20-13-10-17(14-22(20)36-3)25(31)23-24(19-6-5-7-21(35-2)27(19)37-4)30(28(33)26(23)32)18-11-8-16(15-29)9-12-18/h5-14,24,31H,1-4H3/b25-23-. The summed E-state index contributed by atoms with van der Waals surface area (Å²) in [6, 6.07) is 16.9. The lowest BCUT2D eigenvalue weighted by molar-refractivity contribution is -0.132. The van der Waals surface area contributed by atoms with Crippen LogP contribution in [0.2, 0.25) is 0 Å². The molecule has 1 atom stereocenters. The van der Waals surface area contributed by atoms with E-state index in [1.807, 2.05) is 6.07 Å². The number of Topliss-reactive ketones (excluding diaryl/α,β-unsaturated/α-hetero) is 1. The maximum atomic E-state index is 13.5. The summed E-state index contributed by atoms with van der Waals surface area (Å²) in [5.41, 5.74) is 1.28. The molecule has 0 aromatic heterocycles. The molecule has 0 spiro atoms. The van der Waals surface area contributed by atoms with E-state index in [-0.39, 0.29) is 11.1 Å². The van der Waals surface area contributed by atoms with Crippen LogP contribution in [0.1, 0.15) is 22.7 Å². The molecule has 1 N–H and O–H groups in total. The summed E-state index contributed by atoms with van der Waals surface area (Å²) >= 11 is 0. The Balaban J connectivity index is 2.00. The number of hydrogen-bond acceptors (Lipinski definition) is 8. The molecule has 37 heavy (non-hydrogen) atoms. The SMILES string of the molecule is COc1ccc(/C(O)=C2/C(=O)C(=O)N(c3ccc(C#N)cc3)C2c2cccc(OC)c2OC)cc1OC. The number of carbonyl (C=O) groups is 2. The van der Waals surface area contributed by atoms with E-state index < -0.39 is 23.5 Å². The van der Waals surface area contributed by atoms with E-state index in [9.17, 15) is 20.0 Å². The molecule has 1 aliphatic rings. The van der Waals surface area contributed by atoms with Crippen LogP contribution in [0.3, 0.4) is 0 Å². The van der Waals surface area contributed by atoms with Crippen molar-refractivity contribution in [2.24, 2.45) is 0 Å². The Labute approximate surface area is 213 Å². The fourth-order valence-corrected chi connectivity index (χ4v) is 4.36. The number of aliphatic hydroxyl groups is 1. The number of hydrogen-bond donors (Lipinski definition) is 1. The molecular formula is C28H24N2O7. The molecule has 0 saturated carbocycles. The van der Waals surface area contributed by atoms with Gasteiger partial charge in [-0.3, -0.25) is 14.5 Å². The summed E-state index contributed by atoms with van der Waals surface area (Å²) in [5.74, 6) is -0.671. The first-order chi connectivity index (χ1) is 17.9. The number of amides is 1. The quantitative estimate of drug-likeness (QED) is 0.291. The fraction of sp³-hybridized carbons (Fsp3) is 0.179. The number of para-hydroxylation sites is 1. The van der Waals surface area contributed by atoms with Crippen LogP contribution in [0, 0.1) is 11.3 Å².